The molecule has 0 radical (unpaired) electrons. The summed E-state index contributed by atoms with van der Waals surface area (Å²) in [7, 11) is 3.26. The van der Waals surface area contributed by atoms with Gasteiger partial charge in [0.25, 0.3) is 5.91 Å². The van der Waals surface area contributed by atoms with Gasteiger partial charge in [0.15, 0.2) is 5.78 Å². The van der Waals surface area contributed by atoms with Crippen LogP contribution in [0.5, 0.6) is 5.75 Å². The Morgan fingerprint density at radius 3 is 2.47 bits per heavy atom. The molecular formula is C28H25N3O3. The molecule has 0 aliphatic carbocycles. The monoisotopic (exact) mass is 451 g/mol. The van der Waals surface area contributed by atoms with Gasteiger partial charge in [0.2, 0.25) is 0 Å². The first kappa shape index (κ1) is 21.5. The number of carbonyl (C=O) groups excluding carboxylic acids is 2. The Balaban J connectivity index is 1.40. The number of hydrogen-bond donors (Lipinski definition) is 1. The molecule has 1 N–H and O–H groups in total. The smallest absolute Gasteiger partial charge is 0.261 e. The molecule has 1 atom stereocenters. The summed E-state index contributed by atoms with van der Waals surface area (Å²) in [5.41, 5.74) is 4.77. The molecule has 6 nitrogen and oxygen atoms in total. The van der Waals surface area contributed by atoms with E-state index in [1.807, 2.05) is 42.6 Å². The summed E-state index contributed by atoms with van der Waals surface area (Å²) in [4.78, 5) is 28.1. The summed E-state index contributed by atoms with van der Waals surface area (Å²) < 4.78 is 7.43. The second kappa shape index (κ2) is 8.90. The number of benzene rings is 3. The van der Waals surface area contributed by atoms with Gasteiger partial charge in [0.05, 0.1) is 12.7 Å². The van der Waals surface area contributed by atoms with Crippen LogP contribution >= 0.6 is 0 Å². The van der Waals surface area contributed by atoms with Crippen molar-refractivity contribution in [3.63, 3.8) is 0 Å². The van der Waals surface area contributed by atoms with Crippen LogP contribution in [0.2, 0.25) is 0 Å². The average Bonchev–Trinajstić information content (AvgIpc) is 3.28. The highest BCUT2D eigenvalue weighted by Gasteiger charge is 2.28. The van der Waals surface area contributed by atoms with Gasteiger partial charge in [-0.1, -0.05) is 30.3 Å². The zero-order valence-electron chi connectivity index (χ0n) is 19.1. The van der Waals surface area contributed by atoms with Crippen LogP contribution in [0.15, 0.2) is 91.1 Å². The molecule has 0 fully saturated rings. The zero-order valence-corrected chi connectivity index (χ0v) is 19.1. The largest absolute Gasteiger partial charge is 0.496 e. The van der Waals surface area contributed by atoms with Crippen molar-refractivity contribution in [3.8, 4) is 5.75 Å². The lowest BCUT2D eigenvalue weighted by Crippen LogP contribution is -2.27. The van der Waals surface area contributed by atoms with E-state index >= 15 is 0 Å². The number of anilines is 2. The summed E-state index contributed by atoms with van der Waals surface area (Å²) in [6.07, 6.45) is 2.00. The molecular weight excluding hydrogens is 426 g/mol. The van der Waals surface area contributed by atoms with E-state index in [4.69, 9.17) is 4.74 Å². The van der Waals surface area contributed by atoms with Gasteiger partial charge in [0, 0.05) is 42.4 Å². The topological polar surface area (TPSA) is 63.6 Å². The lowest BCUT2D eigenvalue weighted by molar-refractivity contribution is 0.0965. The molecule has 6 heteroatoms. The summed E-state index contributed by atoms with van der Waals surface area (Å²) >= 11 is 0. The van der Waals surface area contributed by atoms with Crippen LogP contribution in [-0.2, 0) is 6.54 Å². The maximum atomic E-state index is 13.6. The van der Waals surface area contributed by atoms with Gasteiger partial charge in [-0.3, -0.25) is 9.59 Å². The molecule has 0 spiro atoms. The summed E-state index contributed by atoms with van der Waals surface area (Å²) in [6, 6.07) is 25.8. The Morgan fingerprint density at radius 1 is 0.941 bits per heavy atom. The quantitative estimate of drug-likeness (QED) is 0.425. The third kappa shape index (κ3) is 3.83. The fourth-order valence-electron chi connectivity index (χ4n) is 4.38. The number of nitrogens with one attached hydrogen (secondary N) is 1. The molecule has 34 heavy (non-hydrogen) atoms. The van der Waals surface area contributed by atoms with Gasteiger partial charge in [-0.15, -0.1) is 0 Å². The normalized spacial score (nSPS) is 14.2. The van der Waals surface area contributed by atoms with E-state index in [1.165, 1.54) is 0 Å². The average molecular weight is 452 g/mol. The maximum Gasteiger partial charge on any atom is 0.261 e. The Hall–Kier alpha value is -4.32. The van der Waals surface area contributed by atoms with Crippen LogP contribution in [0.25, 0.3) is 0 Å². The van der Waals surface area contributed by atoms with Crippen molar-refractivity contribution >= 4 is 23.1 Å². The molecule has 3 aromatic carbocycles. The van der Waals surface area contributed by atoms with Crippen molar-refractivity contribution < 1.29 is 14.3 Å². The number of ketones is 1. The molecule has 170 valence electrons. The SMILES string of the molecule is COc1ccccc1C(=O)N(C)c1ccc(C(=O)C2Nc3ccccc3Cn3cccc32)cc1. The van der Waals surface area contributed by atoms with E-state index in [-0.39, 0.29) is 11.7 Å². The molecule has 1 aromatic heterocycles. The number of para-hydroxylation sites is 2. The highest BCUT2D eigenvalue weighted by molar-refractivity contribution is 6.08. The van der Waals surface area contributed by atoms with E-state index < -0.39 is 6.04 Å². The molecule has 0 saturated heterocycles. The molecule has 1 unspecified atom stereocenters. The fraction of sp³-hybridized carbons (Fsp3) is 0.143. The van der Waals surface area contributed by atoms with E-state index in [1.54, 1.807) is 61.5 Å². The van der Waals surface area contributed by atoms with Crippen LogP contribution in [-0.4, -0.2) is 30.4 Å². The number of nitrogens with zero attached hydrogens (tertiary/aromatic N) is 2. The van der Waals surface area contributed by atoms with Gasteiger partial charge in [-0.2, -0.15) is 0 Å². The molecule has 4 aromatic rings. The standard InChI is InChI=1S/C28H25N3O3/c1-30(28(33)22-9-4-6-12-25(22)34-2)21-15-13-19(14-16-21)27(32)26-24-11-7-17-31(24)18-20-8-3-5-10-23(20)29-26/h3-17,26,29H,18H2,1-2H3. The number of hydrogen-bond acceptors (Lipinski definition) is 4. The van der Waals surface area contributed by atoms with Crippen LogP contribution in [0.4, 0.5) is 11.4 Å². The van der Waals surface area contributed by atoms with Crippen LogP contribution in [0.3, 0.4) is 0 Å². The van der Waals surface area contributed by atoms with Crippen molar-refractivity contribution in [2.24, 2.45) is 0 Å². The molecule has 5 rings (SSSR count). The Kier molecular flexibility index (Phi) is 5.64. The van der Waals surface area contributed by atoms with Crippen LogP contribution in [0.1, 0.15) is 38.0 Å². The Bertz CT molecular complexity index is 1360. The lowest BCUT2D eigenvalue weighted by Gasteiger charge is -2.20. The van der Waals surface area contributed by atoms with Gasteiger partial charge in [-0.05, 0) is 60.2 Å². The highest BCUT2D eigenvalue weighted by Crippen LogP contribution is 2.31. The Labute approximate surface area is 198 Å². The van der Waals surface area contributed by atoms with E-state index in [2.05, 4.69) is 16.0 Å². The minimum atomic E-state index is -0.502. The Morgan fingerprint density at radius 2 is 1.68 bits per heavy atom. The van der Waals surface area contributed by atoms with E-state index in [0.717, 1.165) is 16.9 Å². The number of ether oxygens (including phenoxy) is 1. The van der Waals surface area contributed by atoms with Crippen molar-refractivity contribution in [2.75, 3.05) is 24.4 Å². The molecule has 1 aliphatic rings. The second-order valence-corrected chi connectivity index (χ2v) is 8.27. The summed E-state index contributed by atoms with van der Waals surface area (Å²) in [6.45, 7) is 0.712. The molecule has 1 amide bonds. The van der Waals surface area contributed by atoms with Gasteiger partial charge >= 0.3 is 0 Å². The summed E-state index contributed by atoms with van der Waals surface area (Å²) in [5.74, 6) is 0.312. The predicted octanol–water partition coefficient (Wildman–Crippen LogP) is 5.17. The van der Waals surface area contributed by atoms with E-state index in [0.29, 0.717) is 29.1 Å². The predicted molar refractivity (Wildman–Crippen MR) is 133 cm³/mol. The number of fused-ring (bicyclic) bond motifs is 2. The van der Waals surface area contributed by atoms with Gasteiger partial charge in [0.1, 0.15) is 11.8 Å². The maximum absolute atomic E-state index is 13.6. The first-order chi connectivity index (χ1) is 16.6. The molecule has 1 aliphatic heterocycles. The van der Waals surface area contributed by atoms with Crippen molar-refractivity contribution in [1.82, 2.24) is 4.57 Å². The van der Waals surface area contributed by atoms with Crippen LogP contribution < -0.4 is 15.0 Å². The van der Waals surface area contributed by atoms with Gasteiger partial charge < -0.3 is 19.5 Å². The number of rotatable bonds is 5. The summed E-state index contributed by atoms with van der Waals surface area (Å²) in [5, 5.41) is 3.44. The fourth-order valence-corrected chi connectivity index (χ4v) is 4.38. The lowest BCUT2D eigenvalue weighted by atomic mass is 10.0. The number of aromatic nitrogens is 1. The van der Waals surface area contributed by atoms with Crippen LogP contribution in [0, 0.1) is 0 Å². The van der Waals surface area contributed by atoms with Crippen molar-refractivity contribution in [2.45, 2.75) is 12.6 Å². The first-order valence-electron chi connectivity index (χ1n) is 11.1. The number of amides is 1. The zero-order chi connectivity index (χ0) is 23.7. The molecule has 2 heterocycles. The molecule has 0 saturated carbocycles. The second-order valence-electron chi connectivity index (χ2n) is 8.27. The van der Waals surface area contributed by atoms with E-state index in [9.17, 15) is 9.59 Å². The minimum absolute atomic E-state index is 0.0260. The van der Waals surface area contributed by atoms with Crippen molar-refractivity contribution in [1.29, 1.82) is 0 Å². The third-order valence-corrected chi connectivity index (χ3v) is 6.26. The highest BCUT2D eigenvalue weighted by atomic mass is 16.5. The first-order valence-corrected chi connectivity index (χ1v) is 11.1. The molecule has 0 bridgehead atoms. The number of carbonyl (C=O) groups is 2. The van der Waals surface area contributed by atoms with Gasteiger partial charge in [-0.25, -0.2) is 0 Å². The third-order valence-electron chi connectivity index (χ3n) is 6.26. The number of methoxy groups -OCH3 is 1. The van der Waals surface area contributed by atoms with Crippen molar-refractivity contribution in [3.05, 3.63) is 114 Å². The minimum Gasteiger partial charge on any atom is -0.496 e. The number of Topliss-reactive ketones (excluding diaryl/α,β-unsaturated/α-hetero) is 1.